The van der Waals surface area contributed by atoms with E-state index in [0.29, 0.717) is 0 Å². The minimum atomic E-state index is -4.31. The normalized spacial score (nSPS) is 14.5. The van der Waals surface area contributed by atoms with Gasteiger partial charge in [-0.05, 0) is 37.3 Å². The fraction of sp³-hybridized carbons (Fsp3) is 0.304. The summed E-state index contributed by atoms with van der Waals surface area (Å²) >= 11 is 0. The predicted molar refractivity (Wildman–Crippen MR) is 119 cm³/mol. The first-order chi connectivity index (χ1) is 17.5. The standard InChI is InChI=1S/C23H21F5N6O3/c1-15(22(36,10-32-13-29-12-30-32)18-4-2-3-5-19(18)24)33-14-31-34(21(33)35)16-6-8-17(9-7-16)37-11-23(27,28)20(25)26/h2-9,12-15,20,36H,10-11H2,1H3/t15-,22-/m1/s1. The molecule has 1 N–H and O–H groups in total. The van der Waals surface area contributed by atoms with E-state index in [1.165, 1.54) is 66.7 Å². The third kappa shape index (κ3) is 5.23. The molecule has 0 aliphatic carbocycles. The van der Waals surface area contributed by atoms with Gasteiger partial charge in [0.2, 0.25) is 0 Å². The predicted octanol–water partition coefficient (Wildman–Crippen LogP) is 3.19. The topological polar surface area (TPSA) is 100.0 Å². The summed E-state index contributed by atoms with van der Waals surface area (Å²) in [6.45, 7) is -0.241. The highest BCUT2D eigenvalue weighted by Gasteiger charge is 2.42. The number of nitrogens with zero attached hydrogens (tertiary/aromatic N) is 6. The SMILES string of the molecule is C[C@@H](n1cnn(-c2ccc(OCC(F)(F)C(F)F)cc2)c1=O)[C@](O)(Cn1cncn1)c1ccccc1F. The quantitative estimate of drug-likeness (QED) is 0.320. The van der Waals surface area contributed by atoms with Crippen molar-refractivity contribution in [2.24, 2.45) is 0 Å². The molecule has 9 nitrogen and oxygen atoms in total. The van der Waals surface area contributed by atoms with Gasteiger partial charge in [-0.2, -0.15) is 23.7 Å². The number of halogens is 5. The van der Waals surface area contributed by atoms with Crippen LogP contribution in [0.3, 0.4) is 0 Å². The van der Waals surface area contributed by atoms with Gasteiger partial charge in [0.1, 0.15) is 36.1 Å². The lowest BCUT2D eigenvalue weighted by Crippen LogP contribution is -2.43. The largest absolute Gasteiger partial charge is 0.487 e. The first kappa shape index (κ1) is 26.0. The molecular weight excluding hydrogens is 503 g/mol. The molecule has 0 radical (unpaired) electrons. The zero-order valence-corrected chi connectivity index (χ0v) is 19.3. The number of benzene rings is 2. The van der Waals surface area contributed by atoms with E-state index in [-0.39, 0.29) is 23.5 Å². The van der Waals surface area contributed by atoms with E-state index in [9.17, 15) is 31.9 Å². The second-order valence-corrected chi connectivity index (χ2v) is 8.25. The smallest absolute Gasteiger partial charge is 0.350 e. The molecule has 0 saturated carbocycles. The number of rotatable bonds is 10. The molecule has 2 aromatic heterocycles. The summed E-state index contributed by atoms with van der Waals surface area (Å²) in [5.74, 6) is -5.12. The summed E-state index contributed by atoms with van der Waals surface area (Å²) in [6, 6.07) is 9.61. The van der Waals surface area contributed by atoms with Crippen LogP contribution in [-0.2, 0) is 12.1 Å². The molecule has 2 atom stereocenters. The average Bonchev–Trinajstić information content (AvgIpc) is 3.52. The highest BCUT2D eigenvalue weighted by atomic mass is 19.3. The minimum absolute atomic E-state index is 0.0697. The molecule has 0 amide bonds. The summed E-state index contributed by atoms with van der Waals surface area (Å²) in [5.41, 5.74) is -2.52. The first-order valence-electron chi connectivity index (χ1n) is 10.9. The number of alkyl halides is 4. The molecule has 0 bridgehead atoms. The lowest BCUT2D eigenvalue weighted by atomic mass is 9.86. The van der Waals surface area contributed by atoms with Crippen LogP contribution < -0.4 is 10.4 Å². The summed E-state index contributed by atoms with van der Waals surface area (Å²) in [4.78, 5) is 17.0. The molecule has 2 heterocycles. The molecule has 14 heteroatoms. The van der Waals surface area contributed by atoms with Gasteiger partial charge in [-0.1, -0.05) is 18.2 Å². The molecule has 0 unspecified atom stereocenters. The third-order valence-corrected chi connectivity index (χ3v) is 5.84. The zero-order chi connectivity index (χ0) is 26.8. The van der Waals surface area contributed by atoms with Crippen LogP contribution in [0, 0.1) is 5.82 Å². The molecule has 2 aromatic carbocycles. The van der Waals surface area contributed by atoms with Crippen molar-refractivity contribution in [3.63, 3.8) is 0 Å². The van der Waals surface area contributed by atoms with Crippen molar-refractivity contribution in [1.29, 1.82) is 0 Å². The summed E-state index contributed by atoms with van der Waals surface area (Å²) in [5, 5.41) is 19.7. The van der Waals surface area contributed by atoms with E-state index in [4.69, 9.17) is 4.74 Å². The summed E-state index contributed by atoms with van der Waals surface area (Å²) < 4.78 is 73.6. The maximum absolute atomic E-state index is 14.8. The van der Waals surface area contributed by atoms with Crippen molar-refractivity contribution in [2.45, 2.75) is 37.5 Å². The molecule has 0 aliphatic rings. The number of aliphatic hydroxyl groups is 1. The van der Waals surface area contributed by atoms with Crippen LogP contribution in [-0.4, -0.2) is 53.2 Å². The van der Waals surface area contributed by atoms with Crippen molar-refractivity contribution in [2.75, 3.05) is 6.61 Å². The Bertz CT molecular complexity index is 1390. The van der Waals surface area contributed by atoms with E-state index in [0.717, 1.165) is 15.6 Å². The van der Waals surface area contributed by atoms with Crippen molar-refractivity contribution >= 4 is 0 Å². The van der Waals surface area contributed by atoms with Gasteiger partial charge >= 0.3 is 18.0 Å². The highest BCUT2D eigenvalue weighted by molar-refractivity contribution is 5.36. The van der Waals surface area contributed by atoms with Crippen LogP contribution in [0.2, 0.25) is 0 Å². The van der Waals surface area contributed by atoms with Gasteiger partial charge in [-0.25, -0.2) is 27.6 Å². The molecule has 196 valence electrons. The first-order valence-corrected chi connectivity index (χ1v) is 10.9. The highest BCUT2D eigenvalue weighted by Crippen LogP contribution is 2.35. The molecular formula is C23H21F5N6O3. The summed E-state index contributed by atoms with van der Waals surface area (Å²) in [6.07, 6.45) is -0.123. The Kier molecular flexibility index (Phi) is 7.12. The maximum atomic E-state index is 14.8. The molecule has 37 heavy (non-hydrogen) atoms. The molecule has 4 rings (SSSR count). The Hall–Kier alpha value is -4.07. The van der Waals surface area contributed by atoms with Crippen molar-refractivity contribution in [3.8, 4) is 11.4 Å². The van der Waals surface area contributed by atoms with E-state index < -0.39 is 42.1 Å². The van der Waals surface area contributed by atoms with Crippen LogP contribution >= 0.6 is 0 Å². The number of hydrogen-bond donors (Lipinski definition) is 1. The molecule has 0 fully saturated rings. The van der Waals surface area contributed by atoms with E-state index in [2.05, 4.69) is 15.2 Å². The Labute approximate surface area is 206 Å². The van der Waals surface area contributed by atoms with Gasteiger partial charge < -0.3 is 9.84 Å². The van der Waals surface area contributed by atoms with Gasteiger partial charge in [0.25, 0.3) is 0 Å². The lowest BCUT2D eigenvalue weighted by molar-refractivity contribution is -0.148. The number of ether oxygens (including phenoxy) is 1. The van der Waals surface area contributed by atoms with Crippen LogP contribution in [0.15, 0.2) is 72.3 Å². The Morgan fingerprint density at radius 3 is 2.38 bits per heavy atom. The Morgan fingerprint density at radius 2 is 1.76 bits per heavy atom. The van der Waals surface area contributed by atoms with Crippen LogP contribution in [0.1, 0.15) is 18.5 Å². The second kappa shape index (κ2) is 10.1. The van der Waals surface area contributed by atoms with Crippen LogP contribution in [0.5, 0.6) is 5.75 Å². The monoisotopic (exact) mass is 524 g/mol. The fourth-order valence-electron chi connectivity index (χ4n) is 3.73. The minimum Gasteiger partial charge on any atom is -0.487 e. The van der Waals surface area contributed by atoms with Gasteiger partial charge in [0.15, 0.2) is 6.61 Å². The average molecular weight is 524 g/mol. The maximum Gasteiger partial charge on any atom is 0.350 e. The van der Waals surface area contributed by atoms with Crippen molar-refractivity contribution < 1.29 is 31.8 Å². The Morgan fingerprint density at radius 1 is 1.05 bits per heavy atom. The van der Waals surface area contributed by atoms with E-state index >= 15 is 0 Å². The molecule has 0 saturated heterocycles. The van der Waals surface area contributed by atoms with Gasteiger partial charge in [0, 0.05) is 5.56 Å². The van der Waals surface area contributed by atoms with Crippen LogP contribution in [0.4, 0.5) is 22.0 Å². The van der Waals surface area contributed by atoms with E-state index in [1.807, 2.05) is 0 Å². The second-order valence-electron chi connectivity index (χ2n) is 8.25. The zero-order valence-electron chi connectivity index (χ0n) is 19.3. The molecule has 0 spiro atoms. The molecule has 4 aromatic rings. The number of hydrogen-bond acceptors (Lipinski definition) is 6. The van der Waals surface area contributed by atoms with Gasteiger partial charge in [-0.15, -0.1) is 0 Å². The third-order valence-electron chi connectivity index (χ3n) is 5.84. The van der Waals surface area contributed by atoms with Gasteiger partial charge in [0.05, 0.1) is 18.3 Å². The molecule has 0 aliphatic heterocycles. The summed E-state index contributed by atoms with van der Waals surface area (Å²) in [7, 11) is 0. The van der Waals surface area contributed by atoms with Crippen molar-refractivity contribution in [3.05, 3.63) is 89.4 Å². The van der Waals surface area contributed by atoms with E-state index in [1.54, 1.807) is 6.07 Å². The number of aromatic nitrogens is 6. The van der Waals surface area contributed by atoms with Crippen molar-refractivity contribution in [1.82, 2.24) is 29.1 Å². The van der Waals surface area contributed by atoms with Crippen LogP contribution in [0.25, 0.3) is 5.69 Å². The fourth-order valence-corrected chi connectivity index (χ4v) is 3.73. The lowest BCUT2D eigenvalue weighted by Gasteiger charge is -2.34. The Balaban J connectivity index is 1.62. The van der Waals surface area contributed by atoms with Gasteiger partial charge in [-0.3, -0.25) is 4.57 Å².